The highest BCUT2D eigenvalue weighted by molar-refractivity contribution is 6.31. The van der Waals surface area contributed by atoms with Crippen molar-refractivity contribution in [1.82, 2.24) is 9.55 Å². The molecule has 0 saturated heterocycles. The average molecular weight is 372 g/mol. The zero-order valence-corrected chi connectivity index (χ0v) is 15.2. The summed E-state index contributed by atoms with van der Waals surface area (Å²) in [4.78, 5) is 29.1. The summed E-state index contributed by atoms with van der Waals surface area (Å²) in [7, 11) is 1.52. The number of halogens is 1. The number of hydrogen-bond acceptors (Lipinski definition) is 4. The van der Waals surface area contributed by atoms with Gasteiger partial charge >= 0.3 is 0 Å². The van der Waals surface area contributed by atoms with Crippen molar-refractivity contribution in [3.05, 3.63) is 63.7 Å². The maximum absolute atomic E-state index is 12.6. The Morgan fingerprint density at radius 1 is 1.31 bits per heavy atom. The van der Waals surface area contributed by atoms with Gasteiger partial charge in [-0.25, -0.2) is 4.98 Å². The summed E-state index contributed by atoms with van der Waals surface area (Å²) in [5, 5.41) is 3.79. The number of methoxy groups -OCH3 is 1. The first kappa shape index (κ1) is 17.9. The number of benzene rings is 2. The summed E-state index contributed by atoms with van der Waals surface area (Å²) >= 11 is 5.96. The van der Waals surface area contributed by atoms with E-state index in [0.29, 0.717) is 27.4 Å². The van der Waals surface area contributed by atoms with Crippen LogP contribution in [0.1, 0.15) is 12.0 Å². The van der Waals surface area contributed by atoms with E-state index in [-0.39, 0.29) is 24.4 Å². The number of carbonyl (C=O) groups excluding carboxylic acids is 1. The minimum absolute atomic E-state index is 0.120. The fourth-order valence-electron chi connectivity index (χ4n) is 2.71. The number of para-hydroxylation sites is 1. The highest BCUT2D eigenvalue weighted by atomic mass is 35.5. The molecular formula is C19H18ClN3O3. The zero-order chi connectivity index (χ0) is 18.7. The lowest BCUT2D eigenvalue weighted by atomic mass is 10.1. The smallest absolute Gasteiger partial charge is 0.261 e. The Morgan fingerprint density at radius 3 is 2.88 bits per heavy atom. The summed E-state index contributed by atoms with van der Waals surface area (Å²) in [5.74, 6) is 0.268. The fourth-order valence-corrected chi connectivity index (χ4v) is 2.88. The van der Waals surface area contributed by atoms with Gasteiger partial charge in [-0.3, -0.25) is 14.2 Å². The number of hydrogen-bond donors (Lipinski definition) is 1. The molecule has 0 atom stereocenters. The minimum Gasteiger partial charge on any atom is -0.495 e. The summed E-state index contributed by atoms with van der Waals surface area (Å²) < 4.78 is 6.64. The van der Waals surface area contributed by atoms with Gasteiger partial charge in [0.05, 0.1) is 30.0 Å². The Labute approximate surface area is 155 Å². The van der Waals surface area contributed by atoms with Gasteiger partial charge in [-0.15, -0.1) is 0 Å². The van der Waals surface area contributed by atoms with Crippen molar-refractivity contribution in [2.45, 2.75) is 19.9 Å². The second kappa shape index (κ2) is 7.58. The van der Waals surface area contributed by atoms with E-state index >= 15 is 0 Å². The van der Waals surface area contributed by atoms with Crippen LogP contribution >= 0.6 is 11.6 Å². The molecule has 26 heavy (non-hydrogen) atoms. The van der Waals surface area contributed by atoms with Gasteiger partial charge < -0.3 is 10.1 Å². The summed E-state index contributed by atoms with van der Waals surface area (Å²) in [5.41, 5.74) is 1.95. The number of amides is 1. The molecule has 6 nitrogen and oxygen atoms in total. The Hall–Kier alpha value is -2.86. The van der Waals surface area contributed by atoms with Gasteiger partial charge in [0, 0.05) is 18.0 Å². The van der Waals surface area contributed by atoms with Crippen molar-refractivity contribution < 1.29 is 9.53 Å². The van der Waals surface area contributed by atoms with Gasteiger partial charge in [-0.2, -0.15) is 0 Å². The van der Waals surface area contributed by atoms with E-state index in [4.69, 9.17) is 16.3 Å². The van der Waals surface area contributed by atoms with Crippen molar-refractivity contribution in [1.29, 1.82) is 0 Å². The number of carbonyl (C=O) groups is 1. The molecule has 0 fully saturated rings. The third-order valence-corrected chi connectivity index (χ3v) is 4.31. The maximum Gasteiger partial charge on any atom is 0.261 e. The lowest BCUT2D eigenvalue weighted by Gasteiger charge is -2.11. The normalized spacial score (nSPS) is 10.7. The van der Waals surface area contributed by atoms with Crippen molar-refractivity contribution >= 4 is 34.1 Å². The third kappa shape index (κ3) is 3.70. The van der Waals surface area contributed by atoms with Gasteiger partial charge in [0.15, 0.2) is 0 Å². The molecule has 1 amide bonds. The highest BCUT2D eigenvalue weighted by Gasteiger charge is 2.10. The molecule has 7 heteroatoms. The van der Waals surface area contributed by atoms with Crippen molar-refractivity contribution in [2.75, 3.05) is 12.4 Å². The maximum atomic E-state index is 12.6. The molecule has 0 spiro atoms. The molecule has 0 unspecified atom stereocenters. The molecule has 2 aromatic carbocycles. The molecule has 0 saturated carbocycles. The number of fused-ring (bicyclic) bond motifs is 1. The van der Waals surface area contributed by atoms with Crippen LogP contribution in [-0.4, -0.2) is 22.6 Å². The second-order valence-electron chi connectivity index (χ2n) is 5.86. The molecule has 1 heterocycles. The largest absolute Gasteiger partial charge is 0.495 e. The van der Waals surface area contributed by atoms with E-state index < -0.39 is 0 Å². The molecule has 3 rings (SSSR count). The van der Waals surface area contributed by atoms with Crippen LogP contribution in [0, 0.1) is 6.92 Å². The lowest BCUT2D eigenvalue weighted by molar-refractivity contribution is -0.116. The van der Waals surface area contributed by atoms with Gasteiger partial charge in [-0.05, 0) is 36.8 Å². The molecule has 1 N–H and O–H groups in total. The molecule has 3 aromatic rings. The van der Waals surface area contributed by atoms with Crippen molar-refractivity contribution in [3.63, 3.8) is 0 Å². The van der Waals surface area contributed by atoms with Crippen LogP contribution in [0.3, 0.4) is 0 Å². The van der Waals surface area contributed by atoms with Crippen LogP contribution in [0.5, 0.6) is 5.75 Å². The molecule has 0 bridgehead atoms. The zero-order valence-electron chi connectivity index (χ0n) is 14.5. The topological polar surface area (TPSA) is 73.2 Å². The lowest BCUT2D eigenvalue weighted by Crippen LogP contribution is -2.24. The first-order chi connectivity index (χ1) is 12.5. The Morgan fingerprint density at radius 2 is 2.12 bits per heavy atom. The Balaban J connectivity index is 1.74. The van der Waals surface area contributed by atoms with Crippen LogP contribution in [0.25, 0.3) is 10.9 Å². The Bertz CT molecular complexity index is 1030. The van der Waals surface area contributed by atoms with Gasteiger partial charge in [0.1, 0.15) is 5.75 Å². The second-order valence-corrected chi connectivity index (χ2v) is 6.29. The van der Waals surface area contributed by atoms with E-state index in [0.717, 1.165) is 5.56 Å². The van der Waals surface area contributed by atoms with Crippen molar-refractivity contribution in [3.8, 4) is 5.75 Å². The average Bonchev–Trinajstić information content (AvgIpc) is 2.62. The minimum atomic E-state index is -0.248. The van der Waals surface area contributed by atoms with Gasteiger partial charge in [0.25, 0.3) is 5.56 Å². The fraction of sp³-hybridized carbons (Fsp3) is 0.211. The Kier molecular flexibility index (Phi) is 5.23. The number of anilines is 1. The summed E-state index contributed by atoms with van der Waals surface area (Å²) in [6.07, 6.45) is 1.60. The predicted molar refractivity (Wildman–Crippen MR) is 102 cm³/mol. The number of aryl methyl sites for hydroxylation is 2. The molecule has 0 aliphatic rings. The van der Waals surface area contributed by atoms with Gasteiger partial charge in [0.2, 0.25) is 5.91 Å². The molecule has 0 radical (unpaired) electrons. The van der Waals surface area contributed by atoms with Crippen molar-refractivity contribution in [2.24, 2.45) is 0 Å². The van der Waals surface area contributed by atoms with E-state index in [2.05, 4.69) is 10.3 Å². The highest BCUT2D eigenvalue weighted by Crippen LogP contribution is 2.27. The quantitative estimate of drug-likeness (QED) is 0.746. The molecule has 134 valence electrons. The van der Waals surface area contributed by atoms with E-state index in [1.807, 2.05) is 19.1 Å². The molecule has 0 aliphatic heterocycles. The van der Waals surface area contributed by atoms with Crippen LogP contribution in [-0.2, 0) is 11.3 Å². The van der Waals surface area contributed by atoms with Crippen LogP contribution in [0.4, 0.5) is 5.69 Å². The standard InChI is InChI=1S/C19H18ClN3O3/c1-12-4-3-5-14-18(12)21-11-23(19(14)25)9-8-17(24)22-15-10-13(20)6-7-16(15)26-2/h3-7,10-11H,8-9H2,1-2H3,(H,22,24). The molecule has 0 aliphatic carbocycles. The number of nitrogens with zero attached hydrogens (tertiary/aromatic N) is 2. The first-order valence-corrected chi connectivity index (χ1v) is 8.45. The van der Waals surface area contributed by atoms with E-state index in [9.17, 15) is 9.59 Å². The van der Waals surface area contributed by atoms with E-state index in [1.165, 1.54) is 18.0 Å². The SMILES string of the molecule is COc1ccc(Cl)cc1NC(=O)CCn1cnc2c(C)cccc2c1=O. The predicted octanol–water partition coefficient (Wildman–Crippen LogP) is 3.40. The summed E-state index contributed by atoms with van der Waals surface area (Å²) in [6, 6.07) is 10.4. The molecule has 1 aromatic heterocycles. The first-order valence-electron chi connectivity index (χ1n) is 8.08. The third-order valence-electron chi connectivity index (χ3n) is 4.07. The van der Waals surface area contributed by atoms with Gasteiger partial charge in [-0.1, -0.05) is 23.7 Å². The number of nitrogens with one attached hydrogen (secondary N) is 1. The van der Waals surface area contributed by atoms with Crippen LogP contribution < -0.4 is 15.6 Å². The van der Waals surface area contributed by atoms with Crippen LogP contribution in [0.15, 0.2) is 47.5 Å². The number of rotatable bonds is 5. The monoisotopic (exact) mass is 371 g/mol. The summed E-state index contributed by atoms with van der Waals surface area (Å²) in [6.45, 7) is 2.13. The number of ether oxygens (including phenoxy) is 1. The number of aromatic nitrogens is 2. The van der Waals surface area contributed by atoms with E-state index in [1.54, 1.807) is 24.3 Å². The van der Waals surface area contributed by atoms with Crippen LogP contribution in [0.2, 0.25) is 5.02 Å². The molecular weight excluding hydrogens is 354 g/mol.